The van der Waals surface area contributed by atoms with Crippen molar-refractivity contribution in [2.24, 2.45) is 0 Å². The highest BCUT2D eigenvalue weighted by atomic mass is 16.5. The second-order valence-corrected chi connectivity index (χ2v) is 9.52. The zero-order valence-electron chi connectivity index (χ0n) is 21.9. The van der Waals surface area contributed by atoms with Crippen LogP contribution in [-0.2, 0) is 14.3 Å². The molecule has 202 valence electrons. The van der Waals surface area contributed by atoms with Crippen molar-refractivity contribution in [2.45, 2.75) is 12.5 Å². The van der Waals surface area contributed by atoms with Crippen LogP contribution in [0.3, 0.4) is 0 Å². The van der Waals surface area contributed by atoms with E-state index in [2.05, 4.69) is 4.90 Å². The second-order valence-electron chi connectivity index (χ2n) is 9.52. The number of hydrogen-bond donors (Lipinski definition) is 1. The highest BCUT2D eigenvalue weighted by Gasteiger charge is 2.46. The molecule has 8 heteroatoms. The molecule has 0 aliphatic carbocycles. The van der Waals surface area contributed by atoms with E-state index in [9.17, 15) is 14.7 Å². The lowest BCUT2D eigenvalue weighted by Crippen LogP contribution is -2.38. The molecular formula is C31H32N2O6. The van der Waals surface area contributed by atoms with Crippen LogP contribution in [0.15, 0.2) is 84.4 Å². The predicted molar refractivity (Wildman–Crippen MR) is 147 cm³/mol. The summed E-state index contributed by atoms with van der Waals surface area (Å²) in [4.78, 5) is 30.6. The summed E-state index contributed by atoms with van der Waals surface area (Å²) in [6.07, 6.45) is 0.687. The molecule has 1 atom stereocenters. The first-order valence-corrected chi connectivity index (χ1v) is 13.1. The molecule has 1 unspecified atom stereocenters. The number of aliphatic hydroxyl groups is 1. The number of ether oxygens (including phenoxy) is 3. The predicted octanol–water partition coefficient (Wildman–Crippen LogP) is 4.63. The summed E-state index contributed by atoms with van der Waals surface area (Å²) in [6, 6.07) is 22.7. The molecule has 2 heterocycles. The summed E-state index contributed by atoms with van der Waals surface area (Å²) in [5.41, 5.74) is 1.18. The van der Waals surface area contributed by atoms with Crippen molar-refractivity contribution < 1.29 is 28.9 Å². The molecule has 2 fully saturated rings. The molecule has 0 aromatic heterocycles. The molecule has 0 spiro atoms. The largest absolute Gasteiger partial charge is 0.507 e. The third-order valence-electron chi connectivity index (χ3n) is 7.03. The first-order chi connectivity index (χ1) is 19.0. The molecule has 5 rings (SSSR count). The number of Topliss-reactive ketones (excluding diaryl/α,β-unsaturated/α-hetero) is 1. The molecule has 3 aromatic carbocycles. The fourth-order valence-corrected chi connectivity index (χ4v) is 5.02. The van der Waals surface area contributed by atoms with E-state index in [0.717, 1.165) is 19.6 Å². The van der Waals surface area contributed by atoms with E-state index < -0.39 is 17.7 Å². The van der Waals surface area contributed by atoms with Crippen LogP contribution >= 0.6 is 0 Å². The van der Waals surface area contributed by atoms with Crippen LogP contribution in [0.2, 0.25) is 0 Å². The number of hydrogen-bond acceptors (Lipinski definition) is 7. The zero-order valence-corrected chi connectivity index (χ0v) is 21.9. The van der Waals surface area contributed by atoms with Crippen LogP contribution in [0.25, 0.3) is 5.76 Å². The van der Waals surface area contributed by atoms with Gasteiger partial charge in [0, 0.05) is 31.7 Å². The highest BCUT2D eigenvalue weighted by Crippen LogP contribution is 2.41. The number of morpholine rings is 1. The number of ketones is 1. The van der Waals surface area contributed by atoms with Gasteiger partial charge in [0.1, 0.15) is 23.0 Å². The van der Waals surface area contributed by atoms with Gasteiger partial charge in [0.15, 0.2) is 0 Å². The minimum absolute atomic E-state index is 0.0633. The Hall–Kier alpha value is -4.14. The molecule has 2 saturated heterocycles. The number of benzene rings is 3. The number of para-hydroxylation sites is 1. The van der Waals surface area contributed by atoms with Gasteiger partial charge in [0.05, 0.1) is 31.9 Å². The monoisotopic (exact) mass is 528 g/mol. The van der Waals surface area contributed by atoms with E-state index in [-0.39, 0.29) is 11.3 Å². The number of likely N-dealkylation sites (tertiary alicyclic amines) is 1. The van der Waals surface area contributed by atoms with E-state index in [4.69, 9.17) is 14.2 Å². The first kappa shape index (κ1) is 26.5. The summed E-state index contributed by atoms with van der Waals surface area (Å²) in [5.74, 6) is 0.332. The Balaban J connectivity index is 1.49. The Labute approximate surface area is 228 Å². The van der Waals surface area contributed by atoms with Gasteiger partial charge in [-0.3, -0.25) is 14.5 Å². The van der Waals surface area contributed by atoms with E-state index >= 15 is 0 Å². The van der Waals surface area contributed by atoms with E-state index in [1.807, 2.05) is 54.6 Å². The minimum atomic E-state index is -0.754. The van der Waals surface area contributed by atoms with E-state index in [1.54, 1.807) is 36.3 Å². The number of carbonyl (C=O) groups excluding carboxylic acids is 2. The Kier molecular flexibility index (Phi) is 8.24. The Morgan fingerprint density at radius 1 is 0.897 bits per heavy atom. The number of nitrogens with zero attached hydrogens (tertiary/aromatic N) is 2. The smallest absolute Gasteiger partial charge is 0.295 e. The summed E-state index contributed by atoms with van der Waals surface area (Å²) >= 11 is 0. The SMILES string of the molecule is COc1ccc(/C(O)=C2\C(=O)C(=O)N(CCCN3CCOCC3)C2c2cccc(Oc3ccccc3)c2)cc1. The van der Waals surface area contributed by atoms with Crippen molar-refractivity contribution in [1.29, 1.82) is 0 Å². The quantitative estimate of drug-likeness (QED) is 0.246. The lowest BCUT2D eigenvalue weighted by atomic mass is 9.95. The van der Waals surface area contributed by atoms with Crippen LogP contribution in [0.1, 0.15) is 23.6 Å². The van der Waals surface area contributed by atoms with Crippen molar-refractivity contribution in [1.82, 2.24) is 9.80 Å². The topological polar surface area (TPSA) is 88.5 Å². The number of methoxy groups -OCH3 is 1. The van der Waals surface area contributed by atoms with Gasteiger partial charge in [-0.15, -0.1) is 0 Å². The van der Waals surface area contributed by atoms with Crippen molar-refractivity contribution in [2.75, 3.05) is 46.5 Å². The van der Waals surface area contributed by atoms with E-state index in [1.165, 1.54) is 0 Å². The molecule has 39 heavy (non-hydrogen) atoms. The van der Waals surface area contributed by atoms with Crippen LogP contribution in [0.5, 0.6) is 17.2 Å². The minimum Gasteiger partial charge on any atom is -0.507 e. The van der Waals surface area contributed by atoms with Gasteiger partial charge in [-0.2, -0.15) is 0 Å². The van der Waals surface area contributed by atoms with Crippen LogP contribution < -0.4 is 9.47 Å². The average molecular weight is 529 g/mol. The number of carbonyl (C=O) groups is 2. The molecule has 8 nitrogen and oxygen atoms in total. The van der Waals surface area contributed by atoms with Gasteiger partial charge < -0.3 is 24.2 Å². The summed E-state index contributed by atoms with van der Waals surface area (Å²) < 4.78 is 16.7. The highest BCUT2D eigenvalue weighted by molar-refractivity contribution is 6.46. The van der Waals surface area contributed by atoms with Crippen LogP contribution in [0, 0.1) is 0 Å². The van der Waals surface area contributed by atoms with Crippen LogP contribution in [0.4, 0.5) is 0 Å². The van der Waals surface area contributed by atoms with Crippen molar-refractivity contribution >= 4 is 17.4 Å². The van der Waals surface area contributed by atoms with Gasteiger partial charge in [0.2, 0.25) is 0 Å². The Morgan fingerprint density at radius 3 is 2.33 bits per heavy atom. The molecule has 0 bridgehead atoms. The van der Waals surface area contributed by atoms with Gasteiger partial charge >= 0.3 is 0 Å². The molecule has 0 radical (unpaired) electrons. The maximum atomic E-state index is 13.4. The molecule has 2 aliphatic heterocycles. The lowest BCUT2D eigenvalue weighted by molar-refractivity contribution is -0.140. The number of rotatable bonds is 9. The summed E-state index contributed by atoms with van der Waals surface area (Å²) in [7, 11) is 1.56. The van der Waals surface area contributed by atoms with Crippen molar-refractivity contribution in [3.8, 4) is 17.2 Å². The molecule has 2 aliphatic rings. The maximum Gasteiger partial charge on any atom is 0.295 e. The van der Waals surface area contributed by atoms with Gasteiger partial charge in [0.25, 0.3) is 11.7 Å². The third-order valence-corrected chi connectivity index (χ3v) is 7.03. The Bertz CT molecular complexity index is 1330. The maximum absolute atomic E-state index is 13.4. The molecule has 1 N–H and O–H groups in total. The summed E-state index contributed by atoms with van der Waals surface area (Å²) in [6.45, 7) is 4.24. The Morgan fingerprint density at radius 2 is 1.62 bits per heavy atom. The molecule has 0 saturated carbocycles. The fourth-order valence-electron chi connectivity index (χ4n) is 5.02. The zero-order chi connectivity index (χ0) is 27.2. The third kappa shape index (κ3) is 5.97. The van der Waals surface area contributed by atoms with Gasteiger partial charge in [-0.05, 0) is 60.5 Å². The standard InChI is InChI=1S/C31H32N2O6/c1-37-24-13-11-22(12-14-24)29(34)27-28(23-7-5-10-26(21-23)39-25-8-3-2-4-9-25)33(31(36)30(27)35)16-6-15-32-17-19-38-20-18-32/h2-5,7-14,21,28,34H,6,15-20H2,1H3/b29-27+. The molecular weight excluding hydrogens is 496 g/mol. The second kappa shape index (κ2) is 12.1. The molecule has 3 aromatic rings. The first-order valence-electron chi connectivity index (χ1n) is 13.1. The van der Waals surface area contributed by atoms with Crippen LogP contribution in [-0.4, -0.2) is 73.1 Å². The number of aliphatic hydroxyl groups excluding tert-OH is 1. The normalized spacial score (nSPS) is 19.3. The summed E-state index contributed by atoms with van der Waals surface area (Å²) in [5, 5.41) is 11.3. The van der Waals surface area contributed by atoms with Gasteiger partial charge in [-0.25, -0.2) is 0 Å². The molecule has 1 amide bonds. The lowest BCUT2D eigenvalue weighted by Gasteiger charge is -2.29. The van der Waals surface area contributed by atoms with Crippen molar-refractivity contribution in [3.63, 3.8) is 0 Å². The van der Waals surface area contributed by atoms with Gasteiger partial charge in [-0.1, -0.05) is 30.3 Å². The fraction of sp³-hybridized carbons (Fsp3) is 0.290. The number of amides is 1. The van der Waals surface area contributed by atoms with Crippen molar-refractivity contribution in [3.05, 3.63) is 95.6 Å². The van der Waals surface area contributed by atoms with E-state index in [0.29, 0.717) is 54.6 Å². The average Bonchev–Trinajstić information content (AvgIpc) is 3.23.